The predicted molar refractivity (Wildman–Crippen MR) is 53.6 cm³/mol. The molecule has 4 heteroatoms. The second-order valence-electron chi connectivity index (χ2n) is 3.42. The maximum absolute atomic E-state index is 12.3. The van der Waals surface area contributed by atoms with Gasteiger partial charge in [-0.15, -0.1) is 0 Å². The van der Waals surface area contributed by atoms with Gasteiger partial charge in [-0.25, -0.2) is 0 Å². The van der Waals surface area contributed by atoms with Crippen molar-refractivity contribution < 1.29 is 13.2 Å². The van der Waals surface area contributed by atoms with E-state index in [1.54, 1.807) is 6.92 Å². The van der Waals surface area contributed by atoms with Crippen molar-refractivity contribution >= 4 is 0 Å². The van der Waals surface area contributed by atoms with Gasteiger partial charge < -0.3 is 5.32 Å². The first-order valence-electron chi connectivity index (χ1n) is 4.82. The number of hydrogen-bond acceptors (Lipinski definition) is 1. The number of hydrogen-bond donors (Lipinski definition) is 1. The molecular formula is C11H14F3N. The van der Waals surface area contributed by atoms with Crippen LogP contribution in [0.5, 0.6) is 0 Å². The van der Waals surface area contributed by atoms with E-state index in [-0.39, 0.29) is 0 Å². The largest absolute Gasteiger partial charge is 0.416 e. The van der Waals surface area contributed by atoms with Crippen LogP contribution in [0.15, 0.2) is 18.2 Å². The van der Waals surface area contributed by atoms with Gasteiger partial charge in [0.25, 0.3) is 0 Å². The first-order chi connectivity index (χ1) is 6.95. The van der Waals surface area contributed by atoms with Gasteiger partial charge in [0.2, 0.25) is 0 Å². The Morgan fingerprint density at radius 3 is 2.40 bits per heavy atom. The van der Waals surface area contributed by atoms with E-state index in [2.05, 4.69) is 5.32 Å². The van der Waals surface area contributed by atoms with E-state index in [4.69, 9.17) is 0 Å². The molecule has 0 fully saturated rings. The quantitative estimate of drug-likeness (QED) is 0.820. The molecule has 0 saturated carbocycles. The summed E-state index contributed by atoms with van der Waals surface area (Å²) in [4.78, 5) is 0. The molecule has 1 rings (SSSR count). The molecule has 0 aliphatic rings. The average Bonchev–Trinajstić information content (AvgIpc) is 2.14. The van der Waals surface area contributed by atoms with Crippen molar-refractivity contribution in [2.75, 3.05) is 6.54 Å². The number of nitrogens with one attached hydrogen (secondary N) is 1. The van der Waals surface area contributed by atoms with Gasteiger partial charge in [0.05, 0.1) is 5.56 Å². The number of alkyl halides is 3. The Labute approximate surface area is 87.3 Å². The third-order valence-electron chi connectivity index (χ3n) is 2.24. The van der Waals surface area contributed by atoms with Crippen molar-refractivity contribution in [3.05, 3.63) is 34.9 Å². The van der Waals surface area contributed by atoms with Crippen LogP contribution < -0.4 is 5.32 Å². The highest BCUT2D eigenvalue weighted by atomic mass is 19.4. The highest BCUT2D eigenvalue weighted by molar-refractivity contribution is 5.32. The van der Waals surface area contributed by atoms with Gasteiger partial charge in [-0.3, -0.25) is 0 Å². The molecule has 84 valence electrons. The summed E-state index contributed by atoms with van der Waals surface area (Å²) in [5, 5.41) is 3.08. The van der Waals surface area contributed by atoms with Crippen LogP contribution >= 0.6 is 0 Å². The minimum absolute atomic E-state index is 0.583. The minimum atomic E-state index is -4.25. The first-order valence-corrected chi connectivity index (χ1v) is 4.82. The fourth-order valence-electron chi connectivity index (χ4n) is 1.33. The molecule has 0 spiro atoms. The number of rotatable bonds is 3. The number of benzene rings is 1. The summed E-state index contributed by atoms with van der Waals surface area (Å²) < 4.78 is 37.0. The Bertz CT molecular complexity index is 331. The monoisotopic (exact) mass is 217 g/mol. The molecular weight excluding hydrogens is 203 g/mol. The molecule has 0 bridgehead atoms. The van der Waals surface area contributed by atoms with Crippen LogP contribution in [-0.4, -0.2) is 6.54 Å². The second kappa shape index (κ2) is 4.66. The van der Waals surface area contributed by atoms with Crippen molar-refractivity contribution in [3.63, 3.8) is 0 Å². The zero-order valence-corrected chi connectivity index (χ0v) is 8.78. The lowest BCUT2D eigenvalue weighted by Crippen LogP contribution is -2.13. The third kappa shape index (κ3) is 3.23. The normalized spacial score (nSPS) is 11.8. The Morgan fingerprint density at radius 1 is 1.27 bits per heavy atom. The van der Waals surface area contributed by atoms with Crippen LogP contribution in [0.25, 0.3) is 0 Å². The topological polar surface area (TPSA) is 12.0 Å². The molecule has 0 saturated heterocycles. The molecule has 0 radical (unpaired) electrons. The standard InChI is InChI=1S/C11H14F3N/c1-3-15-7-9-4-5-10(6-8(9)2)11(12,13)14/h4-6,15H,3,7H2,1-2H3. The van der Waals surface area contributed by atoms with Crippen LogP contribution in [0.2, 0.25) is 0 Å². The highest BCUT2D eigenvalue weighted by Crippen LogP contribution is 2.30. The minimum Gasteiger partial charge on any atom is -0.313 e. The van der Waals surface area contributed by atoms with Crippen LogP contribution in [0.1, 0.15) is 23.6 Å². The zero-order valence-electron chi connectivity index (χ0n) is 8.78. The maximum atomic E-state index is 12.3. The average molecular weight is 217 g/mol. The predicted octanol–water partition coefficient (Wildman–Crippen LogP) is 3.12. The summed E-state index contributed by atoms with van der Waals surface area (Å²) in [5.74, 6) is 0. The maximum Gasteiger partial charge on any atom is 0.416 e. The van der Waals surface area contributed by atoms with E-state index in [0.717, 1.165) is 18.2 Å². The number of halogens is 3. The second-order valence-corrected chi connectivity index (χ2v) is 3.42. The first kappa shape index (κ1) is 12.0. The summed E-state index contributed by atoms with van der Waals surface area (Å²) in [6, 6.07) is 3.84. The van der Waals surface area contributed by atoms with Crippen molar-refractivity contribution in [1.82, 2.24) is 5.32 Å². The van der Waals surface area contributed by atoms with Gasteiger partial charge in [-0.05, 0) is 36.7 Å². The Kier molecular flexibility index (Phi) is 3.74. The number of aryl methyl sites for hydroxylation is 1. The molecule has 0 amide bonds. The summed E-state index contributed by atoms with van der Waals surface area (Å²) in [5.41, 5.74) is 0.996. The van der Waals surface area contributed by atoms with Gasteiger partial charge in [0, 0.05) is 6.54 Å². The van der Waals surface area contributed by atoms with Crippen LogP contribution in [0.4, 0.5) is 13.2 Å². The Hall–Kier alpha value is -1.03. The van der Waals surface area contributed by atoms with E-state index in [1.807, 2.05) is 6.92 Å². The van der Waals surface area contributed by atoms with E-state index in [1.165, 1.54) is 12.1 Å². The molecule has 15 heavy (non-hydrogen) atoms. The molecule has 1 aromatic rings. The molecule has 0 aliphatic carbocycles. The lowest BCUT2D eigenvalue weighted by Gasteiger charge is -2.11. The lowest BCUT2D eigenvalue weighted by atomic mass is 10.0. The molecule has 1 N–H and O–H groups in total. The molecule has 0 unspecified atom stereocenters. The summed E-state index contributed by atoms with van der Waals surface area (Å²) in [7, 11) is 0. The lowest BCUT2D eigenvalue weighted by molar-refractivity contribution is -0.137. The van der Waals surface area contributed by atoms with E-state index >= 15 is 0 Å². The van der Waals surface area contributed by atoms with Gasteiger partial charge in [-0.2, -0.15) is 13.2 Å². The molecule has 0 atom stereocenters. The van der Waals surface area contributed by atoms with Crippen molar-refractivity contribution in [3.8, 4) is 0 Å². The van der Waals surface area contributed by atoms with Gasteiger partial charge in [-0.1, -0.05) is 13.0 Å². The molecule has 0 heterocycles. The highest BCUT2D eigenvalue weighted by Gasteiger charge is 2.30. The Morgan fingerprint density at radius 2 is 1.93 bits per heavy atom. The summed E-state index contributed by atoms with van der Waals surface area (Å²) in [6.45, 7) is 5.07. The summed E-state index contributed by atoms with van der Waals surface area (Å²) in [6.07, 6.45) is -4.25. The molecule has 1 nitrogen and oxygen atoms in total. The van der Waals surface area contributed by atoms with E-state index in [0.29, 0.717) is 12.1 Å². The zero-order chi connectivity index (χ0) is 11.5. The van der Waals surface area contributed by atoms with Crippen molar-refractivity contribution in [1.29, 1.82) is 0 Å². The third-order valence-corrected chi connectivity index (χ3v) is 2.24. The summed E-state index contributed by atoms with van der Waals surface area (Å²) >= 11 is 0. The van der Waals surface area contributed by atoms with Crippen molar-refractivity contribution in [2.24, 2.45) is 0 Å². The fourth-order valence-corrected chi connectivity index (χ4v) is 1.33. The van der Waals surface area contributed by atoms with Gasteiger partial charge in [0.1, 0.15) is 0 Å². The molecule has 0 aromatic heterocycles. The van der Waals surface area contributed by atoms with Crippen LogP contribution in [-0.2, 0) is 12.7 Å². The van der Waals surface area contributed by atoms with Crippen LogP contribution in [0.3, 0.4) is 0 Å². The van der Waals surface area contributed by atoms with E-state index in [9.17, 15) is 13.2 Å². The fraction of sp³-hybridized carbons (Fsp3) is 0.455. The molecule has 0 aliphatic heterocycles. The smallest absolute Gasteiger partial charge is 0.313 e. The van der Waals surface area contributed by atoms with Gasteiger partial charge >= 0.3 is 6.18 Å². The molecule has 1 aromatic carbocycles. The Balaban J connectivity index is 2.88. The SMILES string of the molecule is CCNCc1ccc(C(F)(F)F)cc1C. The van der Waals surface area contributed by atoms with Crippen molar-refractivity contribution in [2.45, 2.75) is 26.6 Å². The van der Waals surface area contributed by atoms with Gasteiger partial charge in [0.15, 0.2) is 0 Å². The van der Waals surface area contributed by atoms with E-state index < -0.39 is 11.7 Å². The van der Waals surface area contributed by atoms with Crippen LogP contribution in [0, 0.1) is 6.92 Å².